The molecule has 1 amide bonds. The second kappa shape index (κ2) is 10.0. The molecule has 0 saturated carbocycles. The molecule has 2 heterocycles. The summed E-state index contributed by atoms with van der Waals surface area (Å²) in [6.07, 6.45) is 1.73. The fraction of sp³-hybridized carbons (Fsp3) is 0.231. The average Bonchev–Trinajstić information content (AvgIpc) is 3.19. The van der Waals surface area contributed by atoms with Crippen LogP contribution >= 0.6 is 11.3 Å². The van der Waals surface area contributed by atoms with E-state index in [2.05, 4.69) is 10.3 Å². The molecule has 34 heavy (non-hydrogen) atoms. The number of nitrogens with zero attached hydrogens (tertiary/aromatic N) is 2. The first kappa shape index (κ1) is 23.4. The summed E-state index contributed by atoms with van der Waals surface area (Å²) in [5.74, 6) is -0.796. The number of carbonyl (C=O) groups excluding carboxylic acids is 2. The van der Waals surface area contributed by atoms with Crippen LogP contribution in [0.3, 0.4) is 0 Å². The normalized spacial score (nSPS) is 11.9. The second-order valence-corrected chi connectivity index (χ2v) is 8.98. The highest BCUT2D eigenvalue weighted by molar-refractivity contribution is 7.20. The van der Waals surface area contributed by atoms with E-state index in [1.54, 1.807) is 6.92 Å². The maximum absolute atomic E-state index is 13.4. The number of benzene rings is 2. The van der Waals surface area contributed by atoms with E-state index in [-0.39, 0.29) is 18.1 Å². The summed E-state index contributed by atoms with van der Waals surface area (Å²) in [5, 5.41) is 3.25. The molecule has 2 aromatic heterocycles. The van der Waals surface area contributed by atoms with Crippen LogP contribution < -0.4 is 10.9 Å². The maximum Gasteiger partial charge on any atom is 0.329 e. The fourth-order valence-corrected chi connectivity index (χ4v) is 4.80. The zero-order valence-electron chi connectivity index (χ0n) is 19.2. The minimum Gasteiger partial charge on any atom is -0.459 e. The molecule has 8 heteroatoms. The number of para-hydroxylation sites is 1. The highest BCUT2D eigenvalue weighted by atomic mass is 32.1. The Morgan fingerprint density at radius 3 is 2.50 bits per heavy atom. The third kappa shape index (κ3) is 4.63. The molecule has 0 radical (unpaired) electrons. The molecule has 0 unspecified atom stereocenters. The third-order valence-electron chi connectivity index (χ3n) is 5.69. The Kier molecular flexibility index (Phi) is 6.88. The first-order valence-electron chi connectivity index (χ1n) is 11.0. The van der Waals surface area contributed by atoms with Crippen molar-refractivity contribution in [3.05, 3.63) is 92.8 Å². The lowest BCUT2D eigenvalue weighted by Crippen LogP contribution is -2.31. The summed E-state index contributed by atoms with van der Waals surface area (Å²) in [4.78, 5) is 44.4. The minimum absolute atomic E-state index is 0.126. The van der Waals surface area contributed by atoms with Gasteiger partial charge in [0.05, 0.1) is 16.6 Å². The van der Waals surface area contributed by atoms with Gasteiger partial charge in [-0.3, -0.25) is 14.2 Å². The zero-order valence-corrected chi connectivity index (χ0v) is 20.0. The Labute approximate surface area is 201 Å². The molecular weight excluding hydrogens is 450 g/mol. The van der Waals surface area contributed by atoms with E-state index < -0.39 is 12.0 Å². The predicted octanol–water partition coefficient (Wildman–Crippen LogP) is 5.02. The molecule has 0 spiro atoms. The number of anilines is 1. The van der Waals surface area contributed by atoms with Gasteiger partial charge in [-0.2, -0.15) is 0 Å². The molecule has 4 rings (SSSR count). The van der Waals surface area contributed by atoms with Crippen LogP contribution in [0, 0.1) is 13.8 Å². The smallest absolute Gasteiger partial charge is 0.329 e. The van der Waals surface area contributed by atoms with E-state index in [9.17, 15) is 14.4 Å². The highest BCUT2D eigenvalue weighted by Gasteiger charge is 2.25. The number of aromatic nitrogens is 2. The van der Waals surface area contributed by atoms with Crippen molar-refractivity contribution < 1.29 is 14.3 Å². The molecule has 2 aromatic carbocycles. The van der Waals surface area contributed by atoms with Crippen molar-refractivity contribution in [2.24, 2.45) is 0 Å². The van der Waals surface area contributed by atoms with Crippen molar-refractivity contribution in [3.63, 3.8) is 0 Å². The topological polar surface area (TPSA) is 90.3 Å². The molecule has 0 bridgehead atoms. The molecule has 0 aliphatic rings. The Hall–Kier alpha value is -3.78. The van der Waals surface area contributed by atoms with E-state index in [0.717, 1.165) is 22.5 Å². The summed E-state index contributed by atoms with van der Waals surface area (Å²) >= 11 is 1.16. The lowest BCUT2D eigenvalue weighted by molar-refractivity contribution is -0.149. The van der Waals surface area contributed by atoms with Gasteiger partial charge in [0.15, 0.2) is 0 Å². The summed E-state index contributed by atoms with van der Waals surface area (Å²) in [5.41, 5.74) is 2.70. The Balaban J connectivity index is 1.62. The number of esters is 1. The molecule has 0 aliphatic carbocycles. The van der Waals surface area contributed by atoms with Gasteiger partial charge in [-0.1, -0.05) is 55.5 Å². The van der Waals surface area contributed by atoms with Gasteiger partial charge in [-0.25, -0.2) is 9.78 Å². The fourth-order valence-electron chi connectivity index (χ4n) is 3.77. The van der Waals surface area contributed by atoms with Crippen LogP contribution in [0.15, 0.2) is 65.7 Å². The third-order valence-corrected chi connectivity index (χ3v) is 6.89. The van der Waals surface area contributed by atoms with Gasteiger partial charge < -0.3 is 10.1 Å². The maximum atomic E-state index is 13.4. The number of carbonyl (C=O) groups is 2. The Morgan fingerprint density at radius 1 is 1.09 bits per heavy atom. The van der Waals surface area contributed by atoms with Crippen molar-refractivity contribution in [2.45, 2.75) is 39.8 Å². The van der Waals surface area contributed by atoms with Crippen LogP contribution in [0.2, 0.25) is 0 Å². The Bertz CT molecular complexity index is 1410. The van der Waals surface area contributed by atoms with Crippen molar-refractivity contribution in [1.29, 1.82) is 0 Å². The van der Waals surface area contributed by atoms with Gasteiger partial charge in [-0.05, 0) is 43.0 Å². The number of amides is 1. The molecule has 1 N–H and O–H groups in total. The molecule has 174 valence electrons. The SMILES string of the molecule is CC[C@H](C(=O)OCc1ccccc1)n1cnc2sc(C(=O)Nc3ccccc3C)c(C)c2c1=O. The first-order valence-corrected chi connectivity index (χ1v) is 11.8. The number of fused-ring (bicyclic) bond motifs is 1. The summed E-state index contributed by atoms with van der Waals surface area (Å²) in [7, 11) is 0. The number of nitrogens with one attached hydrogen (secondary N) is 1. The van der Waals surface area contributed by atoms with Crippen LogP contribution in [-0.2, 0) is 16.1 Å². The lowest BCUT2D eigenvalue weighted by atomic mass is 10.1. The van der Waals surface area contributed by atoms with Crippen molar-refractivity contribution >= 4 is 39.1 Å². The molecule has 0 aliphatic heterocycles. The average molecular weight is 476 g/mol. The number of hydrogen-bond donors (Lipinski definition) is 1. The quantitative estimate of drug-likeness (QED) is 0.379. The number of ether oxygens (including phenoxy) is 1. The van der Waals surface area contributed by atoms with E-state index in [1.807, 2.05) is 68.4 Å². The molecule has 4 aromatic rings. The molecular formula is C26H25N3O4S. The van der Waals surface area contributed by atoms with Crippen molar-refractivity contribution in [1.82, 2.24) is 9.55 Å². The van der Waals surface area contributed by atoms with Crippen LogP contribution in [0.1, 0.15) is 45.7 Å². The molecule has 7 nitrogen and oxygen atoms in total. The van der Waals surface area contributed by atoms with Crippen LogP contribution in [0.4, 0.5) is 5.69 Å². The number of thiophene rings is 1. The van der Waals surface area contributed by atoms with Gasteiger partial charge in [0.25, 0.3) is 11.5 Å². The van der Waals surface area contributed by atoms with E-state index >= 15 is 0 Å². The van der Waals surface area contributed by atoms with Gasteiger partial charge >= 0.3 is 5.97 Å². The Morgan fingerprint density at radius 2 is 1.79 bits per heavy atom. The first-order chi connectivity index (χ1) is 16.4. The van der Waals surface area contributed by atoms with Crippen molar-refractivity contribution in [3.8, 4) is 0 Å². The molecule has 1 atom stereocenters. The number of rotatable bonds is 7. The van der Waals surface area contributed by atoms with Gasteiger partial charge in [0.1, 0.15) is 17.5 Å². The monoisotopic (exact) mass is 475 g/mol. The summed E-state index contributed by atoms with van der Waals surface area (Å²) < 4.78 is 6.77. The largest absolute Gasteiger partial charge is 0.459 e. The zero-order chi connectivity index (χ0) is 24.2. The number of aryl methyl sites for hydroxylation is 2. The van der Waals surface area contributed by atoms with Gasteiger partial charge in [0.2, 0.25) is 0 Å². The van der Waals surface area contributed by atoms with Crippen LogP contribution in [0.5, 0.6) is 0 Å². The molecule has 0 fully saturated rings. The molecule has 0 saturated heterocycles. The van der Waals surface area contributed by atoms with Crippen molar-refractivity contribution in [2.75, 3.05) is 5.32 Å². The van der Waals surface area contributed by atoms with E-state index in [0.29, 0.717) is 32.8 Å². The van der Waals surface area contributed by atoms with E-state index in [1.165, 1.54) is 10.9 Å². The van der Waals surface area contributed by atoms with Gasteiger partial charge in [0, 0.05) is 5.69 Å². The minimum atomic E-state index is -0.809. The van der Waals surface area contributed by atoms with Crippen LogP contribution in [0.25, 0.3) is 10.2 Å². The van der Waals surface area contributed by atoms with Gasteiger partial charge in [-0.15, -0.1) is 11.3 Å². The summed E-state index contributed by atoms with van der Waals surface area (Å²) in [6.45, 7) is 5.58. The van der Waals surface area contributed by atoms with Crippen LogP contribution in [-0.4, -0.2) is 21.4 Å². The predicted molar refractivity (Wildman–Crippen MR) is 133 cm³/mol. The van der Waals surface area contributed by atoms with E-state index in [4.69, 9.17) is 4.74 Å². The second-order valence-electron chi connectivity index (χ2n) is 7.98. The number of hydrogen-bond acceptors (Lipinski definition) is 6. The lowest BCUT2D eigenvalue weighted by Gasteiger charge is -2.17. The highest BCUT2D eigenvalue weighted by Crippen LogP contribution is 2.29. The standard InChI is InChI=1S/C26H25N3O4S/c1-4-20(26(32)33-14-18-11-6-5-7-12-18)29-15-27-24-21(25(29)31)17(3)22(34-24)23(30)28-19-13-9-8-10-16(19)2/h5-13,15,20H,4,14H2,1-3H3,(H,28,30)/t20-/m1/s1. The summed E-state index contributed by atoms with van der Waals surface area (Å²) in [6, 6.07) is 16.0.